The lowest BCUT2D eigenvalue weighted by atomic mass is 9.98. The number of hydrogen-bond acceptors (Lipinski definition) is 5. The zero-order valence-corrected chi connectivity index (χ0v) is 21.6. The molecule has 0 radical (unpaired) electrons. The minimum atomic E-state index is -0.171. The number of carbonyl (C=O) groups excluding carboxylic acids is 1. The van der Waals surface area contributed by atoms with Crippen molar-refractivity contribution in [3.8, 4) is 17.0 Å². The van der Waals surface area contributed by atoms with Gasteiger partial charge in [0, 0.05) is 47.5 Å². The van der Waals surface area contributed by atoms with E-state index < -0.39 is 0 Å². The lowest BCUT2D eigenvalue weighted by Crippen LogP contribution is -2.32. The van der Waals surface area contributed by atoms with Crippen LogP contribution in [0, 0.1) is 6.92 Å². The second kappa shape index (κ2) is 12.3. The second-order valence-electron chi connectivity index (χ2n) is 9.10. The Kier molecular flexibility index (Phi) is 8.72. The summed E-state index contributed by atoms with van der Waals surface area (Å²) in [5, 5.41) is 20.5. The van der Waals surface area contributed by atoms with Crippen LogP contribution in [0.2, 0.25) is 0 Å². The molecule has 1 heterocycles. The summed E-state index contributed by atoms with van der Waals surface area (Å²) in [5.41, 5.74) is 6.57. The van der Waals surface area contributed by atoms with E-state index in [0.717, 1.165) is 28.1 Å². The molecule has 0 fully saturated rings. The van der Waals surface area contributed by atoms with Gasteiger partial charge >= 0.3 is 0 Å². The van der Waals surface area contributed by atoms with Crippen molar-refractivity contribution in [1.82, 2.24) is 15.1 Å². The normalized spacial score (nSPS) is 11.8. The maximum absolute atomic E-state index is 13.0. The molecule has 0 bridgehead atoms. The summed E-state index contributed by atoms with van der Waals surface area (Å²) >= 11 is 0. The smallest absolute Gasteiger partial charge is 0.255 e. The number of aromatic nitrogens is 2. The first kappa shape index (κ1) is 26.1. The Balaban J connectivity index is 1.59. The van der Waals surface area contributed by atoms with Gasteiger partial charge in [0.2, 0.25) is 0 Å². The van der Waals surface area contributed by atoms with Gasteiger partial charge in [0.25, 0.3) is 5.91 Å². The van der Waals surface area contributed by atoms with E-state index in [2.05, 4.69) is 22.8 Å². The average Bonchev–Trinajstić information content (AvgIpc) is 3.23. The van der Waals surface area contributed by atoms with Gasteiger partial charge in [-0.05, 0) is 43.7 Å². The third-order valence-electron chi connectivity index (χ3n) is 6.29. The highest BCUT2D eigenvalue weighted by atomic mass is 16.5. The number of rotatable bonds is 11. The Bertz CT molecular complexity index is 1330. The van der Waals surface area contributed by atoms with Crippen LogP contribution in [0.1, 0.15) is 34.1 Å². The van der Waals surface area contributed by atoms with Crippen LogP contribution in [0.25, 0.3) is 11.3 Å². The maximum Gasteiger partial charge on any atom is 0.255 e. The highest BCUT2D eigenvalue weighted by molar-refractivity contribution is 6.04. The molecule has 0 aliphatic rings. The van der Waals surface area contributed by atoms with Gasteiger partial charge in [-0.2, -0.15) is 5.10 Å². The zero-order chi connectivity index (χ0) is 26.2. The number of anilines is 1. The molecule has 192 valence electrons. The van der Waals surface area contributed by atoms with Crippen LogP contribution in [-0.4, -0.2) is 47.1 Å². The summed E-state index contributed by atoms with van der Waals surface area (Å²) in [7, 11) is 1.60. The number of aliphatic hydroxyl groups excluding tert-OH is 1. The molecule has 1 aromatic heterocycles. The molecule has 3 N–H and O–H groups in total. The quantitative estimate of drug-likeness (QED) is 0.279. The van der Waals surface area contributed by atoms with Gasteiger partial charge in [-0.3, -0.25) is 9.48 Å². The molecule has 4 aromatic rings. The molecule has 3 aromatic carbocycles. The zero-order valence-electron chi connectivity index (χ0n) is 21.6. The van der Waals surface area contributed by atoms with Crippen molar-refractivity contribution in [3.63, 3.8) is 0 Å². The van der Waals surface area contributed by atoms with E-state index >= 15 is 0 Å². The number of nitrogens with zero attached hydrogens (tertiary/aromatic N) is 2. The lowest BCUT2D eigenvalue weighted by molar-refractivity contribution is 0.102. The van der Waals surface area contributed by atoms with Crippen molar-refractivity contribution >= 4 is 11.6 Å². The molecule has 1 atom stereocenters. The Morgan fingerprint density at radius 2 is 1.84 bits per heavy atom. The first-order valence-corrected chi connectivity index (χ1v) is 12.5. The van der Waals surface area contributed by atoms with Crippen LogP contribution < -0.4 is 15.4 Å². The fourth-order valence-electron chi connectivity index (χ4n) is 4.32. The van der Waals surface area contributed by atoms with Crippen molar-refractivity contribution in [2.24, 2.45) is 0 Å². The maximum atomic E-state index is 13.0. The first-order chi connectivity index (χ1) is 18.0. The van der Waals surface area contributed by atoms with Gasteiger partial charge in [-0.1, -0.05) is 48.5 Å². The number of benzene rings is 3. The molecule has 0 aliphatic heterocycles. The SMILES string of the molecule is COc1cccc(NC(=O)c2cccc(Cc3c(C)nn(CCNC(C)CO)c3-c3ccccc3)c2)c1. The molecule has 7 heteroatoms. The highest BCUT2D eigenvalue weighted by Crippen LogP contribution is 2.29. The van der Waals surface area contributed by atoms with E-state index in [0.29, 0.717) is 36.5 Å². The van der Waals surface area contributed by atoms with Gasteiger partial charge in [0.05, 0.1) is 31.6 Å². The molecule has 7 nitrogen and oxygen atoms in total. The molecule has 1 amide bonds. The van der Waals surface area contributed by atoms with Crippen molar-refractivity contribution in [3.05, 3.63) is 101 Å². The Morgan fingerprint density at radius 3 is 2.59 bits per heavy atom. The van der Waals surface area contributed by atoms with E-state index in [4.69, 9.17) is 9.84 Å². The molecule has 37 heavy (non-hydrogen) atoms. The number of hydrogen-bond donors (Lipinski definition) is 3. The minimum absolute atomic E-state index is 0.0298. The van der Waals surface area contributed by atoms with Gasteiger partial charge < -0.3 is 20.5 Å². The van der Waals surface area contributed by atoms with E-state index in [-0.39, 0.29) is 18.6 Å². The summed E-state index contributed by atoms with van der Waals surface area (Å²) in [6.45, 7) is 5.45. The van der Waals surface area contributed by atoms with Crippen LogP contribution in [0.5, 0.6) is 5.75 Å². The second-order valence-corrected chi connectivity index (χ2v) is 9.10. The van der Waals surface area contributed by atoms with Crippen LogP contribution in [0.4, 0.5) is 5.69 Å². The number of aryl methyl sites for hydroxylation is 1. The monoisotopic (exact) mass is 498 g/mol. The Hall–Kier alpha value is -3.94. The number of ether oxygens (including phenoxy) is 1. The Labute approximate surface area is 218 Å². The van der Waals surface area contributed by atoms with Crippen molar-refractivity contribution in [2.45, 2.75) is 32.9 Å². The highest BCUT2D eigenvalue weighted by Gasteiger charge is 2.18. The molecule has 0 aliphatic carbocycles. The molecule has 0 spiro atoms. The third kappa shape index (κ3) is 6.64. The number of aliphatic hydroxyl groups is 1. The van der Waals surface area contributed by atoms with Gasteiger partial charge in [0.1, 0.15) is 5.75 Å². The molecular weight excluding hydrogens is 464 g/mol. The average molecular weight is 499 g/mol. The molecular formula is C30H34N4O3. The predicted molar refractivity (Wildman–Crippen MR) is 147 cm³/mol. The summed E-state index contributed by atoms with van der Waals surface area (Å²) in [6.07, 6.45) is 0.650. The summed E-state index contributed by atoms with van der Waals surface area (Å²) in [5.74, 6) is 0.517. The topological polar surface area (TPSA) is 88.4 Å². The largest absolute Gasteiger partial charge is 0.497 e. The first-order valence-electron chi connectivity index (χ1n) is 12.5. The van der Waals surface area contributed by atoms with E-state index in [9.17, 15) is 9.90 Å². The third-order valence-corrected chi connectivity index (χ3v) is 6.29. The number of methoxy groups -OCH3 is 1. The lowest BCUT2D eigenvalue weighted by Gasteiger charge is -2.14. The van der Waals surface area contributed by atoms with Gasteiger partial charge in [0.15, 0.2) is 0 Å². The van der Waals surface area contributed by atoms with Crippen molar-refractivity contribution in [1.29, 1.82) is 0 Å². The van der Waals surface area contributed by atoms with Crippen molar-refractivity contribution in [2.75, 3.05) is 25.6 Å². The van der Waals surface area contributed by atoms with Crippen molar-refractivity contribution < 1.29 is 14.6 Å². The summed E-state index contributed by atoms with van der Waals surface area (Å²) in [4.78, 5) is 13.0. The standard InChI is InChI=1S/C30H34N4O3/c1-21(20-35)31-15-16-34-29(24-10-5-4-6-11-24)28(22(2)33-34)18-23-9-7-12-25(17-23)30(36)32-26-13-8-14-27(19-26)37-3/h4-14,17,19,21,31,35H,15-16,18,20H2,1-3H3,(H,32,36). The fraction of sp³-hybridized carbons (Fsp3) is 0.267. The van der Waals surface area contributed by atoms with Crippen LogP contribution in [0.3, 0.4) is 0 Å². The van der Waals surface area contributed by atoms with E-state index in [1.165, 1.54) is 0 Å². The summed E-state index contributed by atoms with van der Waals surface area (Å²) < 4.78 is 7.29. The van der Waals surface area contributed by atoms with Gasteiger partial charge in [-0.15, -0.1) is 0 Å². The molecule has 4 rings (SSSR count). The van der Waals surface area contributed by atoms with Crippen LogP contribution in [0.15, 0.2) is 78.9 Å². The fourth-order valence-corrected chi connectivity index (χ4v) is 4.32. The van der Waals surface area contributed by atoms with Gasteiger partial charge in [-0.25, -0.2) is 0 Å². The minimum Gasteiger partial charge on any atom is -0.497 e. The van der Waals surface area contributed by atoms with E-state index in [1.54, 1.807) is 13.2 Å². The molecule has 0 saturated carbocycles. The van der Waals surface area contributed by atoms with Crippen LogP contribution >= 0.6 is 0 Å². The number of nitrogens with one attached hydrogen (secondary N) is 2. The van der Waals surface area contributed by atoms with Crippen LogP contribution in [-0.2, 0) is 13.0 Å². The van der Waals surface area contributed by atoms with E-state index in [1.807, 2.05) is 79.2 Å². The predicted octanol–water partition coefficient (Wildman–Crippen LogP) is 4.68. The molecule has 0 saturated heterocycles. The number of carbonyl (C=O) groups is 1. The summed E-state index contributed by atoms with van der Waals surface area (Å²) in [6, 6.07) is 25.3. The number of amides is 1. The molecule has 1 unspecified atom stereocenters. The Morgan fingerprint density at radius 1 is 1.05 bits per heavy atom.